The maximum absolute atomic E-state index is 12.2. The Morgan fingerprint density at radius 1 is 1.19 bits per heavy atom. The van der Waals surface area contributed by atoms with Gasteiger partial charge in [-0.2, -0.15) is 0 Å². The molecule has 2 N–H and O–H groups in total. The minimum Gasteiger partial charge on any atom is -0.495 e. The third-order valence-electron chi connectivity index (χ3n) is 2.83. The molecule has 0 saturated carbocycles. The highest BCUT2D eigenvalue weighted by Crippen LogP contribution is 2.26. The summed E-state index contributed by atoms with van der Waals surface area (Å²) in [5, 5.41) is 11.6. The molecule has 1 aromatic heterocycles. The van der Waals surface area contributed by atoms with E-state index in [1.807, 2.05) is 6.92 Å². The van der Waals surface area contributed by atoms with Crippen molar-refractivity contribution >= 4 is 17.6 Å². The molecule has 0 aliphatic carbocycles. The fourth-order valence-corrected chi connectivity index (χ4v) is 1.81. The van der Waals surface area contributed by atoms with Crippen LogP contribution < -0.4 is 10.1 Å². The van der Waals surface area contributed by atoms with Gasteiger partial charge < -0.3 is 15.2 Å². The number of carbonyl (C=O) groups excluding carboxylic acids is 1. The molecular formula is C15H14N2O4. The summed E-state index contributed by atoms with van der Waals surface area (Å²) in [6, 6.07) is 5.94. The number of anilines is 1. The SMILES string of the molecule is COc1ccc(C(=O)O)cc1NC(=O)c1cncc(C)c1. The van der Waals surface area contributed by atoms with E-state index in [-0.39, 0.29) is 11.5 Å². The summed E-state index contributed by atoms with van der Waals surface area (Å²) in [7, 11) is 1.44. The van der Waals surface area contributed by atoms with Crippen LogP contribution in [0, 0.1) is 6.92 Å². The number of carboxylic acids is 1. The lowest BCUT2D eigenvalue weighted by Crippen LogP contribution is -2.13. The highest BCUT2D eigenvalue weighted by Gasteiger charge is 2.13. The lowest BCUT2D eigenvalue weighted by atomic mass is 10.1. The van der Waals surface area contributed by atoms with Gasteiger partial charge in [-0.25, -0.2) is 4.79 Å². The minimum absolute atomic E-state index is 0.0634. The number of aromatic carboxylic acids is 1. The van der Waals surface area contributed by atoms with Crippen molar-refractivity contribution in [2.45, 2.75) is 6.92 Å². The van der Waals surface area contributed by atoms with E-state index in [0.29, 0.717) is 17.0 Å². The van der Waals surface area contributed by atoms with Crippen LogP contribution in [-0.4, -0.2) is 29.1 Å². The summed E-state index contributed by atoms with van der Waals surface area (Å²) in [6.45, 7) is 1.83. The number of aryl methyl sites for hydroxylation is 1. The summed E-state index contributed by atoms with van der Waals surface area (Å²) in [5.74, 6) is -1.08. The van der Waals surface area contributed by atoms with Crippen molar-refractivity contribution in [2.24, 2.45) is 0 Å². The van der Waals surface area contributed by atoms with E-state index in [1.165, 1.54) is 31.5 Å². The highest BCUT2D eigenvalue weighted by atomic mass is 16.5. The fraction of sp³-hybridized carbons (Fsp3) is 0.133. The first-order valence-corrected chi connectivity index (χ1v) is 6.15. The molecule has 0 aliphatic heterocycles. The Bertz CT molecular complexity index is 698. The van der Waals surface area contributed by atoms with Crippen LogP contribution in [-0.2, 0) is 0 Å². The number of hydrogen-bond acceptors (Lipinski definition) is 4. The predicted octanol–water partition coefficient (Wildman–Crippen LogP) is 2.35. The number of nitrogens with zero attached hydrogens (tertiary/aromatic N) is 1. The molecule has 0 radical (unpaired) electrons. The molecule has 1 heterocycles. The van der Waals surface area contributed by atoms with Gasteiger partial charge in [-0.05, 0) is 36.8 Å². The number of carboxylic acid groups (broad SMARTS) is 1. The van der Waals surface area contributed by atoms with Crippen LogP contribution in [0.1, 0.15) is 26.3 Å². The quantitative estimate of drug-likeness (QED) is 0.900. The minimum atomic E-state index is -1.08. The molecule has 2 rings (SSSR count). The zero-order valence-electron chi connectivity index (χ0n) is 11.6. The van der Waals surface area contributed by atoms with Gasteiger partial charge in [0.2, 0.25) is 0 Å². The molecular weight excluding hydrogens is 272 g/mol. The average Bonchev–Trinajstić information content (AvgIpc) is 2.47. The number of carbonyl (C=O) groups is 2. The zero-order chi connectivity index (χ0) is 15.4. The number of ether oxygens (including phenoxy) is 1. The van der Waals surface area contributed by atoms with Crippen LogP contribution in [0.2, 0.25) is 0 Å². The molecule has 0 spiro atoms. The van der Waals surface area contributed by atoms with Gasteiger partial charge in [0.15, 0.2) is 0 Å². The molecule has 0 bridgehead atoms. The van der Waals surface area contributed by atoms with Crippen molar-refractivity contribution in [1.82, 2.24) is 4.98 Å². The second kappa shape index (κ2) is 6.04. The van der Waals surface area contributed by atoms with Crippen molar-refractivity contribution in [2.75, 3.05) is 12.4 Å². The van der Waals surface area contributed by atoms with Gasteiger partial charge in [0.25, 0.3) is 5.91 Å². The first-order valence-electron chi connectivity index (χ1n) is 6.15. The summed E-state index contributed by atoms with van der Waals surface area (Å²) in [4.78, 5) is 27.1. The summed E-state index contributed by atoms with van der Waals surface area (Å²) < 4.78 is 5.12. The molecule has 0 unspecified atom stereocenters. The van der Waals surface area contributed by atoms with Crippen molar-refractivity contribution in [1.29, 1.82) is 0 Å². The molecule has 2 aromatic rings. The normalized spacial score (nSPS) is 10.0. The average molecular weight is 286 g/mol. The first kappa shape index (κ1) is 14.5. The number of benzene rings is 1. The zero-order valence-corrected chi connectivity index (χ0v) is 11.6. The molecule has 0 fully saturated rings. The van der Waals surface area contributed by atoms with Crippen molar-refractivity contribution in [3.63, 3.8) is 0 Å². The van der Waals surface area contributed by atoms with E-state index >= 15 is 0 Å². The van der Waals surface area contributed by atoms with Crippen LogP contribution in [0.4, 0.5) is 5.69 Å². The lowest BCUT2D eigenvalue weighted by Gasteiger charge is -2.11. The first-order chi connectivity index (χ1) is 10.0. The van der Waals surface area contributed by atoms with Gasteiger partial charge in [-0.3, -0.25) is 9.78 Å². The topological polar surface area (TPSA) is 88.5 Å². The van der Waals surface area contributed by atoms with Gasteiger partial charge in [-0.1, -0.05) is 0 Å². The van der Waals surface area contributed by atoms with Crippen LogP contribution >= 0.6 is 0 Å². The lowest BCUT2D eigenvalue weighted by molar-refractivity contribution is 0.0696. The summed E-state index contributed by atoms with van der Waals surface area (Å²) in [6.07, 6.45) is 3.08. The van der Waals surface area contributed by atoms with Crippen LogP contribution in [0.15, 0.2) is 36.7 Å². The molecule has 1 aromatic carbocycles. The summed E-state index contributed by atoms with van der Waals surface area (Å²) in [5.41, 5.74) is 1.60. The Kier molecular flexibility index (Phi) is 4.18. The van der Waals surface area contributed by atoms with E-state index in [9.17, 15) is 9.59 Å². The van der Waals surface area contributed by atoms with E-state index in [2.05, 4.69) is 10.3 Å². The third kappa shape index (κ3) is 3.36. The fourth-order valence-electron chi connectivity index (χ4n) is 1.81. The van der Waals surface area contributed by atoms with Gasteiger partial charge in [-0.15, -0.1) is 0 Å². The highest BCUT2D eigenvalue weighted by molar-refractivity contribution is 6.05. The molecule has 21 heavy (non-hydrogen) atoms. The Morgan fingerprint density at radius 2 is 1.95 bits per heavy atom. The third-order valence-corrected chi connectivity index (χ3v) is 2.83. The standard InChI is InChI=1S/C15H14N2O4/c1-9-5-11(8-16-7-9)14(18)17-12-6-10(15(19)20)3-4-13(12)21-2/h3-8H,1-2H3,(H,17,18)(H,19,20). The molecule has 6 nitrogen and oxygen atoms in total. The monoisotopic (exact) mass is 286 g/mol. The molecule has 1 amide bonds. The Balaban J connectivity index is 2.31. The number of rotatable bonds is 4. The van der Waals surface area contributed by atoms with Crippen LogP contribution in [0.5, 0.6) is 5.75 Å². The van der Waals surface area contributed by atoms with Gasteiger partial charge in [0.1, 0.15) is 5.75 Å². The Hall–Kier alpha value is -2.89. The van der Waals surface area contributed by atoms with E-state index in [0.717, 1.165) is 5.56 Å². The van der Waals surface area contributed by atoms with Crippen LogP contribution in [0.25, 0.3) is 0 Å². The maximum atomic E-state index is 12.2. The smallest absolute Gasteiger partial charge is 0.335 e. The van der Waals surface area contributed by atoms with E-state index in [1.54, 1.807) is 12.3 Å². The number of amides is 1. The molecule has 0 saturated heterocycles. The van der Waals surface area contributed by atoms with Gasteiger partial charge >= 0.3 is 5.97 Å². The molecule has 0 atom stereocenters. The molecule has 108 valence electrons. The van der Waals surface area contributed by atoms with E-state index < -0.39 is 5.97 Å². The van der Waals surface area contributed by atoms with Crippen molar-refractivity contribution < 1.29 is 19.4 Å². The van der Waals surface area contributed by atoms with Gasteiger partial charge in [0.05, 0.1) is 23.9 Å². The maximum Gasteiger partial charge on any atom is 0.335 e. The van der Waals surface area contributed by atoms with Gasteiger partial charge in [0, 0.05) is 12.4 Å². The van der Waals surface area contributed by atoms with Crippen LogP contribution in [0.3, 0.4) is 0 Å². The number of nitrogens with one attached hydrogen (secondary N) is 1. The molecule has 0 aliphatic rings. The number of methoxy groups -OCH3 is 1. The number of pyridine rings is 1. The Morgan fingerprint density at radius 3 is 2.57 bits per heavy atom. The number of hydrogen-bond donors (Lipinski definition) is 2. The van der Waals surface area contributed by atoms with Crippen molar-refractivity contribution in [3.05, 3.63) is 53.3 Å². The second-order valence-corrected chi connectivity index (χ2v) is 4.43. The summed E-state index contributed by atoms with van der Waals surface area (Å²) >= 11 is 0. The van der Waals surface area contributed by atoms with E-state index in [4.69, 9.17) is 9.84 Å². The Labute approximate surface area is 121 Å². The largest absolute Gasteiger partial charge is 0.495 e. The predicted molar refractivity (Wildman–Crippen MR) is 76.9 cm³/mol. The molecule has 6 heteroatoms. The number of aromatic nitrogens is 1. The second-order valence-electron chi connectivity index (χ2n) is 4.43. The van der Waals surface area contributed by atoms with Crippen molar-refractivity contribution in [3.8, 4) is 5.75 Å².